The van der Waals surface area contributed by atoms with Crippen LogP contribution in [0.15, 0.2) is 46.3 Å². The number of aromatic amines is 2. The number of imidazole rings is 1. The molecule has 0 spiro atoms. The first-order valence-corrected chi connectivity index (χ1v) is 10.4. The summed E-state index contributed by atoms with van der Waals surface area (Å²) in [7, 11) is 0. The highest BCUT2D eigenvalue weighted by Crippen LogP contribution is 2.23. The molecule has 1 fully saturated rings. The zero-order chi connectivity index (χ0) is 22.1. The molecule has 0 bridgehead atoms. The third-order valence-electron chi connectivity index (χ3n) is 5.18. The topological polar surface area (TPSA) is 157 Å². The van der Waals surface area contributed by atoms with Crippen molar-refractivity contribution in [1.82, 2.24) is 29.5 Å². The molecule has 11 nitrogen and oxygen atoms in total. The average Bonchev–Trinajstić information content (AvgIpc) is 3.42. The van der Waals surface area contributed by atoms with Gasteiger partial charge in [0.1, 0.15) is 5.69 Å². The van der Waals surface area contributed by atoms with Gasteiger partial charge in [-0.05, 0) is 30.9 Å². The number of hydrogen-bond acceptors (Lipinski definition) is 8. The van der Waals surface area contributed by atoms with Crippen LogP contribution in [0, 0.1) is 0 Å². The van der Waals surface area contributed by atoms with E-state index in [1.165, 1.54) is 0 Å². The molecular formula is C21H22N8O3. The van der Waals surface area contributed by atoms with Gasteiger partial charge in [0.15, 0.2) is 5.65 Å². The number of aliphatic hydroxyl groups excluding tert-OH is 1. The standard InChI is InChI=1S/C21H22N8O3/c30-9-8-15(12-4-2-1-3-5-12)24-19-26-17-13(10-16-18(31)27-21(32)25-16)11-22-29(17)20(28-19)23-14-6-7-14/h1-5,10-11,14-15,30-31H,6-9H2,(H,23,24,28)(H2,25,27,32). The van der Waals surface area contributed by atoms with Crippen LogP contribution in [0.1, 0.15) is 36.6 Å². The maximum atomic E-state index is 11.5. The summed E-state index contributed by atoms with van der Waals surface area (Å²) in [6, 6.07) is 9.78. The Morgan fingerprint density at radius 2 is 2.06 bits per heavy atom. The van der Waals surface area contributed by atoms with E-state index in [0.717, 1.165) is 18.4 Å². The molecule has 1 unspecified atom stereocenters. The van der Waals surface area contributed by atoms with Gasteiger partial charge in [0.05, 0.1) is 18.3 Å². The highest BCUT2D eigenvalue weighted by Gasteiger charge is 2.21. The van der Waals surface area contributed by atoms with Gasteiger partial charge in [-0.25, -0.2) is 9.79 Å². The van der Waals surface area contributed by atoms with Crippen molar-refractivity contribution in [2.45, 2.75) is 31.3 Å². The number of H-pyrrole nitrogens is 2. The van der Waals surface area contributed by atoms with Crippen LogP contribution in [0.4, 0.5) is 5.95 Å². The SMILES string of the molecule is O=c1[nH]c(O)c(C=c2cnn3c(=NC4CC4)nc(NC(CCO)c4ccccc4)nc23)[nH]1. The van der Waals surface area contributed by atoms with E-state index < -0.39 is 5.69 Å². The lowest BCUT2D eigenvalue weighted by molar-refractivity contribution is 0.280. The average molecular weight is 434 g/mol. The molecular weight excluding hydrogens is 412 g/mol. The number of aromatic nitrogens is 6. The summed E-state index contributed by atoms with van der Waals surface area (Å²) in [5, 5.41) is 27.7. The predicted octanol–water partition coefficient (Wildman–Crippen LogP) is -0.00730. The summed E-state index contributed by atoms with van der Waals surface area (Å²) in [6.07, 6.45) is 5.64. The van der Waals surface area contributed by atoms with E-state index in [1.54, 1.807) is 16.8 Å². The predicted molar refractivity (Wildman–Crippen MR) is 116 cm³/mol. The molecule has 1 aromatic carbocycles. The number of benzene rings is 1. The molecule has 32 heavy (non-hydrogen) atoms. The van der Waals surface area contributed by atoms with Crippen molar-refractivity contribution in [2.24, 2.45) is 4.99 Å². The summed E-state index contributed by atoms with van der Waals surface area (Å²) in [6.45, 7) is -0.0000483. The number of nitrogens with zero attached hydrogens (tertiary/aromatic N) is 5. The summed E-state index contributed by atoms with van der Waals surface area (Å²) >= 11 is 0. The molecule has 1 saturated carbocycles. The maximum Gasteiger partial charge on any atom is 0.326 e. The molecule has 1 atom stereocenters. The number of aromatic hydroxyl groups is 1. The van der Waals surface area contributed by atoms with Gasteiger partial charge in [-0.2, -0.15) is 19.6 Å². The van der Waals surface area contributed by atoms with Crippen LogP contribution in [-0.2, 0) is 0 Å². The zero-order valence-corrected chi connectivity index (χ0v) is 17.1. The highest BCUT2D eigenvalue weighted by atomic mass is 16.3. The fourth-order valence-electron chi connectivity index (χ4n) is 3.44. The Kier molecular flexibility index (Phi) is 5.15. The second-order valence-corrected chi connectivity index (χ2v) is 7.65. The van der Waals surface area contributed by atoms with Crippen LogP contribution < -0.4 is 21.8 Å². The van der Waals surface area contributed by atoms with Crippen LogP contribution in [-0.4, -0.2) is 52.4 Å². The molecule has 164 valence electrons. The molecule has 11 heteroatoms. The van der Waals surface area contributed by atoms with Crippen molar-refractivity contribution in [3.63, 3.8) is 0 Å². The fraction of sp³-hybridized carbons (Fsp3) is 0.286. The largest absolute Gasteiger partial charge is 0.493 e. The molecule has 0 aliphatic heterocycles. The summed E-state index contributed by atoms with van der Waals surface area (Å²) < 4.78 is 1.54. The minimum atomic E-state index is -0.513. The van der Waals surface area contributed by atoms with E-state index >= 15 is 0 Å². The van der Waals surface area contributed by atoms with E-state index in [1.807, 2.05) is 30.3 Å². The quantitative estimate of drug-likeness (QED) is 0.274. The Morgan fingerprint density at radius 1 is 1.25 bits per heavy atom. The first-order valence-electron chi connectivity index (χ1n) is 10.4. The van der Waals surface area contributed by atoms with E-state index in [4.69, 9.17) is 0 Å². The van der Waals surface area contributed by atoms with Crippen LogP contribution in [0.2, 0.25) is 0 Å². The van der Waals surface area contributed by atoms with Gasteiger partial charge in [-0.1, -0.05) is 30.3 Å². The summed E-state index contributed by atoms with van der Waals surface area (Å²) in [4.78, 5) is 30.1. The Labute approximate surface area is 181 Å². The van der Waals surface area contributed by atoms with Crippen LogP contribution in [0.25, 0.3) is 11.7 Å². The minimum Gasteiger partial charge on any atom is -0.493 e. The van der Waals surface area contributed by atoms with Gasteiger partial charge in [0, 0.05) is 11.8 Å². The molecule has 5 N–H and O–H groups in total. The third-order valence-corrected chi connectivity index (χ3v) is 5.18. The van der Waals surface area contributed by atoms with Gasteiger partial charge in [-0.3, -0.25) is 4.98 Å². The van der Waals surface area contributed by atoms with E-state index in [2.05, 4.69) is 35.3 Å². The lowest BCUT2D eigenvalue weighted by atomic mass is 10.0. The smallest absolute Gasteiger partial charge is 0.326 e. The molecule has 4 aromatic rings. The number of aliphatic hydroxyl groups is 1. The van der Waals surface area contributed by atoms with E-state index in [9.17, 15) is 15.0 Å². The molecule has 1 aliphatic carbocycles. The van der Waals surface area contributed by atoms with Gasteiger partial charge in [0.2, 0.25) is 11.8 Å². The van der Waals surface area contributed by atoms with E-state index in [-0.39, 0.29) is 30.3 Å². The van der Waals surface area contributed by atoms with Gasteiger partial charge < -0.3 is 20.5 Å². The maximum absolute atomic E-state index is 11.5. The van der Waals surface area contributed by atoms with Crippen LogP contribution in [0.3, 0.4) is 0 Å². The fourth-order valence-corrected chi connectivity index (χ4v) is 3.44. The molecule has 5 rings (SSSR count). The van der Waals surface area contributed by atoms with Gasteiger partial charge in [-0.15, -0.1) is 0 Å². The second kappa shape index (κ2) is 8.27. The summed E-state index contributed by atoms with van der Waals surface area (Å²) in [5.74, 6) is 0.0814. The summed E-state index contributed by atoms with van der Waals surface area (Å²) in [5.41, 5.74) is 1.60. The molecule has 0 saturated heterocycles. The van der Waals surface area contributed by atoms with Crippen molar-refractivity contribution >= 4 is 17.7 Å². The first kappa shape index (κ1) is 19.9. The molecule has 1 aliphatic rings. The van der Waals surface area contributed by atoms with Crippen LogP contribution in [0.5, 0.6) is 5.88 Å². The molecule has 0 amide bonds. The highest BCUT2D eigenvalue weighted by molar-refractivity contribution is 5.57. The number of rotatable bonds is 7. The Balaban J connectivity index is 1.63. The van der Waals surface area contributed by atoms with Crippen LogP contribution >= 0.6 is 0 Å². The van der Waals surface area contributed by atoms with Crippen molar-refractivity contribution in [1.29, 1.82) is 0 Å². The minimum absolute atomic E-state index is 0.0000483. The molecule has 0 radical (unpaired) electrons. The Morgan fingerprint density at radius 3 is 2.75 bits per heavy atom. The monoisotopic (exact) mass is 434 g/mol. The third kappa shape index (κ3) is 4.10. The Bertz CT molecular complexity index is 1420. The zero-order valence-electron chi connectivity index (χ0n) is 17.1. The first-order chi connectivity index (χ1) is 15.6. The molecule has 3 aromatic heterocycles. The van der Waals surface area contributed by atoms with Crippen molar-refractivity contribution < 1.29 is 10.2 Å². The number of hydrogen-bond donors (Lipinski definition) is 5. The van der Waals surface area contributed by atoms with Gasteiger partial charge >= 0.3 is 5.69 Å². The van der Waals surface area contributed by atoms with Crippen molar-refractivity contribution in [3.8, 4) is 5.88 Å². The Hall–Kier alpha value is -3.99. The van der Waals surface area contributed by atoms with E-state index in [0.29, 0.717) is 28.9 Å². The van der Waals surface area contributed by atoms with Crippen molar-refractivity contribution in [2.75, 3.05) is 11.9 Å². The number of nitrogens with one attached hydrogen (secondary N) is 3. The second-order valence-electron chi connectivity index (χ2n) is 7.65. The number of fused-ring (bicyclic) bond motifs is 1. The lowest BCUT2D eigenvalue weighted by Crippen LogP contribution is -2.26. The molecule has 3 heterocycles. The van der Waals surface area contributed by atoms with Crippen molar-refractivity contribution in [3.05, 3.63) is 69.1 Å². The van der Waals surface area contributed by atoms with Gasteiger partial charge in [0.25, 0.3) is 5.62 Å². The lowest BCUT2D eigenvalue weighted by Gasteiger charge is -2.18. The normalized spacial score (nSPS) is 16.0. The number of anilines is 1.